The standard InChI is InChI=1S/C10H16O4/c1-7(9(12)13)6-10(14)4-2-8(11)3-5-10/h6,8,11,14H,2-5H2,1H3,(H,12,13). The Morgan fingerprint density at radius 2 is 1.93 bits per heavy atom. The van der Waals surface area contributed by atoms with Crippen molar-refractivity contribution >= 4 is 5.97 Å². The van der Waals surface area contributed by atoms with E-state index in [1.165, 1.54) is 13.0 Å². The molecule has 1 fully saturated rings. The molecule has 0 heterocycles. The highest BCUT2D eigenvalue weighted by molar-refractivity contribution is 5.86. The molecule has 3 N–H and O–H groups in total. The summed E-state index contributed by atoms with van der Waals surface area (Å²) in [4.78, 5) is 10.6. The van der Waals surface area contributed by atoms with Crippen LogP contribution in [0, 0.1) is 0 Å². The molecule has 0 atom stereocenters. The molecule has 0 radical (unpaired) electrons. The molecule has 0 aromatic heterocycles. The van der Waals surface area contributed by atoms with E-state index in [0.29, 0.717) is 25.7 Å². The van der Waals surface area contributed by atoms with Crippen LogP contribution in [0.5, 0.6) is 0 Å². The van der Waals surface area contributed by atoms with Crippen molar-refractivity contribution in [3.63, 3.8) is 0 Å². The van der Waals surface area contributed by atoms with Crippen molar-refractivity contribution in [3.8, 4) is 0 Å². The highest BCUT2D eigenvalue weighted by Gasteiger charge is 2.31. The van der Waals surface area contributed by atoms with Crippen LogP contribution in [0.15, 0.2) is 11.6 Å². The van der Waals surface area contributed by atoms with Gasteiger partial charge in [-0.3, -0.25) is 0 Å². The summed E-state index contributed by atoms with van der Waals surface area (Å²) >= 11 is 0. The maximum Gasteiger partial charge on any atom is 0.331 e. The van der Waals surface area contributed by atoms with Crippen LogP contribution < -0.4 is 0 Å². The second-order valence-electron chi connectivity index (χ2n) is 3.97. The molecule has 0 spiro atoms. The molecule has 4 heteroatoms. The number of carboxylic acids is 1. The van der Waals surface area contributed by atoms with Gasteiger partial charge in [0.1, 0.15) is 0 Å². The van der Waals surface area contributed by atoms with Gasteiger partial charge < -0.3 is 15.3 Å². The number of aliphatic hydroxyl groups excluding tert-OH is 1. The molecule has 1 aliphatic rings. The largest absolute Gasteiger partial charge is 0.478 e. The molecule has 1 aliphatic carbocycles. The fourth-order valence-corrected chi connectivity index (χ4v) is 1.71. The SMILES string of the molecule is CC(=CC1(O)CCC(O)CC1)C(=O)O. The van der Waals surface area contributed by atoms with Gasteiger partial charge in [-0.1, -0.05) is 0 Å². The Labute approximate surface area is 82.9 Å². The van der Waals surface area contributed by atoms with Crippen molar-refractivity contribution in [2.45, 2.75) is 44.3 Å². The molecule has 0 saturated heterocycles. The highest BCUT2D eigenvalue weighted by atomic mass is 16.4. The second-order valence-corrected chi connectivity index (χ2v) is 3.97. The van der Waals surface area contributed by atoms with Crippen LogP contribution in [0.25, 0.3) is 0 Å². The number of rotatable bonds is 2. The van der Waals surface area contributed by atoms with Crippen molar-refractivity contribution in [1.82, 2.24) is 0 Å². The molecule has 1 rings (SSSR count). The first-order valence-corrected chi connectivity index (χ1v) is 4.76. The minimum atomic E-state index is -1.04. The van der Waals surface area contributed by atoms with Gasteiger partial charge in [-0.2, -0.15) is 0 Å². The van der Waals surface area contributed by atoms with Crippen LogP contribution in [0.4, 0.5) is 0 Å². The Kier molecular flexibility index (Phi) is 3.29. The predicted octanol–water partition coefficient (Wildman–Crippen LogP) is 0.683. The van der Waals surface area contributed by atoms with Crippen LogP contribution in [0.1, 0.15) is 32.6 Å². The van der Waals surface area contributed by atoms with Crippen molar-refractivity contribution in [1.29, 1.82) is 0 Å². The topological polar surface area (TPSA) is 77.8 Å². The van der Waals surface area contributed by atoms with Crippen molar-refractivity contribution in [2.75, 3.05) is 0 Å². The van der Waals surface area contributed by atoms with Gasteiger partial charge in [-0.05, 0) is 38.7 Å². The third-order valence-electron chi connectivity index (χ3n) is 2.64. The van der Waals surface area contributed by atoms with Crippen molar-refractivity contribution < 1.29 is 20.1 Å². The fourth-order valence-electron chi connectivity index (χ4n) is 1.71. The van der Waals surface area contributed by atoms with Gasteiger partial charge in [0, 0.05) is 5.57 Å². The summed E-state index contributed by atoms with van der Waals surface area (Å²) in [5.41, 5.74) is -0.884. The van der Waals surface area contributed by atoms with E-state index in [4.69, 9.17) is 5.11 Å². The minimum absolute atomic E-state index is 0.156. The zero-order valence-electron chi connectivity index (χ0n) is 8.23. The number of hydrogen-bond donors (Lipinski definition) is 3. The lowest BCUT2D eigenvalue weighted by molar-refractivity contribution is -0.132. The van der Waals surface area contributed by atoms with E-state index in [9.17, 15) is 15.0 Å². The third kappa shape index (κ3) is 2.82. The lowest BCUT2D eigenvalue weighted by Crippen LogP contribution is -2.34. The van der Waals surface area contributed by atoms with E-state index in [1.807, 2.05) is 0 Å². The number of carboxylic acid groups (broad SMARTS) is 1. The van der Waals surface area contributed by atoms with E-state index in [1.54, 1.807) is 0 Å². The van der Waals surface area contributed by atoms with Crippen molar-refractivity contribution in [2.24, 2.45) is 0 Å². The molecular formula is C10H16O4. The summed E-state index contributed by atoms with van der Waals surface area (Å²) < 4.78 is 0. The molecule has 0 bridgehead atoms. The smallest absolute Gasteiger partial charge is 0.331 e. The molecule has 0 aromatic rings. The molecule has 14 heavy (non-hydrogen) atoms. The Morgan fingerprint density at radius 1 is 1.43 bits per heavy atom. The first-order chi connectivity index (χ1) is 6.43. The van der Waals surface area contributed by atoms with E-state index in [2.05, 4.69) is 0 Å². The molecule has 0 aliphatic heterocycles. The van der Waals surface area contributed by atoms with Crippen molar-refractivity contribution in [3.05, 3.63) is 11.6 Å². The van der Waals surface area contributed by atoms with Crippen LogP contribution in [-0.4, -0.2) is 33.0 Å². The van der Waals surface area contributed by atoms with Crippen LogP contribution >= 0.6 is 0 Å². The molecule has 0 unspecified atom stereocenters. The van der Waals surface area contributed by atoms with Gasteiger partial charge in [0.15, 0.2) is 0 Å². The summed E-state index contributed by atoms with van der Waals surface area (Å²) in [7, 11) is 0. The lowest BCUT2D eigenvalue weighted by Gasteiger charge is -2.31. The van der Waals surface area contributed by atoms with Crippen LogP contribution in [-0.2, 0) is 4.79 Å². The molecule has 0 amide bonds. The molecule has 0 aromatic carbocycles. The normalized spacial score (nSPS) is 34.2. The van der Waals surface area contributed by atoms with Gasteiger partial charge >= 0.3 is 5.97 Å². The van der Waals surface area contributed by atoms with Gasteiger partial charge in [0.25, 0.3) is 0 Å². The van der Waals surface area contributed by atoms with E-state index in [0.717, 1.165) is 0 Å². The Bertz CT molecular complexity index is 249. The maximum absolute atomic E-state index is 10.6. The second kappa shape index (κ2) is 4.11. The van der Waals surface area contributed by atoms with E-state index >= 15 is 0 Å². The van der Waals surface area contributed by atoms with Crippen LogP contribution in [0.2, 0.25) is 0 Å². The number of hydrogen-bond acceptors (Lipinski definition) is 3. The average molecular weight is 200 g/mol. The first kappa shape index (κ1) is 11.2. The monoisotopic (exact) mass is 200 g/mol. The first-order valence-electron chi connectivity index (χ1n) is 4.76. The molecule has 4 nitrogen and oxygen atoms in total. The highest BCUT2D eigenvalue weighted by Crippen LogP contribution is 2.30. The number of aliphatic carboxylic acids is 1. The van der Waals surface area contributed by atoms with E-state index in [-0.39, 0.29) is 11.7 Å². The summed E-state index contributed by atoms with van der Waals surface area (Å²) in [5, 5.41) is 27.8. The summed E-state index contributed by atoms with van der Waals surface area (Å²) in [6.45, 7) is 1.46. The van der Waals surface area contributed by atoms with Gasteiger partial charge in [0.2, 0.25) is 0 Å². The number of aliphatic hydroxyl groups is 2. The number of carbonyl (C=O) groups is 1. The quantitative estimate of drug-likeness (QED) is 0.573. The average Bonchev–Trinajstić information content (AvgIpc) is 2.10. The summed E-state index contributed by atoms with van der Waals surface area (Å²) in [5.74, 6) is -1.01. The van der Waals surface area contributed by atoms with Crippen LogP contribution in [0.3, 0.4) is 0 Å². The maximum atomic E-state index is 10.6. The Balaban J connectivity index is 2.67. The summed E-state index contributed by atoms with van der Waals surface area (Å²) in [6.07, 6.45) is 2.95. The predicted molar refractivity (Wildman–Crippen MR) is 50.8 cm³/mol. The fraction of sp³-hybridized carbons (Fsp3) is 0.700. The third-order valence-corrected chi connectivity index (χ3v) is 2.64. The minimum Gasteiger partial charge on any atom is -0.478 e. The Hall–Kier alpha value is -0.870. The van der Waals surface area contributed by atoms with Gasteiger partial charge in [-0.15, -0.1) is 0 Å². The summed E-state index contributed by atoms with van der Waals surface area (Å²) in [6, 6.07) is 0. The molecule has 1 saturated carbocycles. The molecule has 80 valence electrons. The zero-order chi connectivity index (χ0) is 10.8. The zero-order valence-corrected chi connectivity index (χ0v) is 8.23. The van der Waals surface area contributed by atoms with E-state index < -0.39 is 11.6 Å². The molecular weight excluding hydrogens is 184 g/mol. The Morgan fingerprint density at radius 3 is 2.36 bits per heavy atom. The van der Waals surface area contributed by atoms with Gasteiger partial charge in [-0.25, -0.2) is 4.79 Å². The van der Waals surface area contributed by atoms with Gasteiger partial charge in [0.05, 0.1) is 11.7 Å². The lowest BCUT2D eigenvalue weighted by atomic mass is 9.82.